The fraction of sp³-hybridized carbons (Fsp3) is 0. The first-order chi connectivity index (χ1) is 9.24. The van der Waals surface area contributed by atoms with Gasteiger partial charge in [-0.15, -0.1) is 0 Å². The van der Waals surface area contributed by atoms with Crippen LogP contribution in [0.1, 0.15) is 10.4 Å². The molecule has 2 aromatic carbocycles. The minimum Gasteiger partial charge on any atom is -0.276 e. The lowest BCUT2D eigenvalue weighted by atomic mass is 10.1. The molecule has 0 unspecified atom stereocenters. The lowest BCUT2D eigenvalue weighted by molar-refractivity contribution is 0.108. The highest BCUT2D eigenvalue weighted by atomic mass is 35.5. The van der Waals surface area contributed by atoms with Crippen molar-refractivity contribution < 1.29 is 4.79 Å². The zero-order valence-corrected chi connectivity index (χ0v) is 10.8. The van der Waals surface area contributed by atoms with E-state index in [2.05, 4.69) is 4.98 Å². The Morgan fingerprint density at radius 3 is 2.42 bits per heavy atom. The number of benzene rings is 2. The Hall–Kier alpha value is -2.19. The number of fused-ring (bicyclic) bond motifs is 1. The Balaban J connectivity index is 2.16. The third kappa shape index (κ3) is 2.35. The predicted octanol–water partition coefficient (Wildman–Crippen LogP) is 4.28. The van der Waals surface area contributed by atoms with Crippen LogP contribution in [-0.4, -0.2) is 10.2 Å². The van der Waals surface area contributed by atoms with Crippen LogP contribution in [0.3, 0.4) is 0 Å². The van der Waals surface area contributed by atoms with E-state index in [1.165, 1.54) is 0 Å². The first kappa shape index (κ1) is 11.9. The Labute approximate surface area is 115 Å². The Kier molecular flexibility index (Phi) is 3.02. The SMILES string of the molecule is O=C(Cl)c1ccc2ccc(-c3ccccc3)nc2c1. The normalized spacial score (nSPS) is 10.6. The van der Waals surface area contributed by atoms with Crippen molar-refractivity contribution >= 4 is 27.7 Å². The first-order valence-corrected chi connectivity index (χ1v) is 6.28. The molecule has 0 atom stereocenters. The fourth-order valence-electron chi connectivity index (χ4n) is 2.01. The van der Waals surface area contributed by atoms with Gasteiger partial charge in [-0.25, -0.2) is 4.98 Å². The van der Waals surface area contributed by atoms with Crippen molar-refractivity contribution in [2.24, 2.45) is 0 Å². The topological polar surface area (TPSA) is 30.0 Å². The van der Waals surface area contributed by atoms with E-state index < -0.39 is 5.24 Å². The summed E-state index contributed by atoms with van der Waals surface area (Å²) in [7, 11) is 0. The number of hydrogen-bond donors (Lipinski definition) is 0. The van der Waals surface area contributed by atoms with Gasteiger partial charge in [-0.1, -0.05) is 42.5 Å². The average molecular weight is 268 g/mol. The van der Waals surface area contributed by atoms with Crippen LogP contribution in [0.15, 0.2) is 60.7 Å². The molecule has 1 aromatic heterocycles. The Morgan fingerprint density at radius 1 is 0.947 bits per heavy atom. The number of hydrogen-bond acceptors (Lipinski definition) is 2. The zero-order chi connectivity index (χ0) is 13.2. The standard InChI is InChI=1S/C16H10ClNO/c17-16(19)13-7-6-12-8-9-14(18-15(12)10-13)11-4-2-1-3-5-11/h1-10H. The molecule has 0 spiro atoms. The van der Waals surface area contributed by atoms with Gasteiger partial charge in [0.15, 0.2) is 0 Å². The van der Waals surface area contributed by atoms with Crippen LogP contribution < -0.4 is 0 Å². The molecule has 0 fully saturated rings. The van der Waals surface area contributed by atoms with Gasteiger partial charge in [0, 0.05) is 16.5 Å². The van der Waals surface area contributed by atoms with Gasteiger partial charge in [0.2, 0.25) is 0 Å². The number of halogens is 1. The van der Waals surface area contributed by atoms with E-state index in [-0.39, 0.29) is 0 Å². The predicted molar refractivity (Wildman–Crippen MR) is 77.4 cm³/mol. The maximum Gasteiger partial charge on any atom is 0.252 e. The largest absolute Gasteiger partial charge is 0.276 e. The lowest BCUT2D eigenvalue weighted by Crippen LogP contribution is -1.90. The summed E-state index contributed by atoms with van der Waals surface area (Å²) in [6, 6.07) is 19.2. The van der Waals surface area contributed by atoms with E-state index in [0.717, 1.165) is 22.2 Å². The number of aromatic nitrogens is 1. The summed E-state index contributed by atoms with van der Waals surface area (Å²) in [4.78, 5) is 15.8. The van der Waals surface area contributed by atoms with E-state index in [4.69, 9.17) is 11.6 Å². The Morgan fingerprint density at radius 2 is 1.68 bits per heavy atom. The van der Waals surface area contributed by atoms with Crippen molar-refractivity contribution in [3.05, 3.63) is 66.2 Å². The minimum absolute atomic E-state index is 0.464. The molecule has 0 bridgehead atoms. The number of carbonyl (C=O) groups excluding carboxylic acids is 1. The number of nitrogens with zero attached hydrogens (tertiary/aromatic N) is 1. The smallest absolute Gasteiger partial charge is 0.252 e. The first-order valence-electron chi connectivity index (χ1n) is 5.90. The van der Waals surface area contributed by atoms with Crippen LogP contribution in [-0.2, 0) is 0 Å². The maximum absolute atomic E-state index is 11.2. The van der Waals surface area contributed by atoms with Gasteiger partial charge in [-0.2, -0.15) is 0 Å². The summed E-state index contributed by atoms with van der Waals surface area (Å²) in [6.07, 6.45) is 0. The zero-order valence-electron chi connectivity index (χ0n) is 10.0. The van der Waals surface area contributed by atoms with E-state index in [9.17, 15) is 4.79 Å². The fourth-order valence-corrected chi connectivity index (χ4v) is 2.13. The monoisotopic (exact) mass is 267 g/mol. The highest BCUT2D eigenvalue weighted by Crippen LogP contribution is 2.22. The van der Waals surface area contributed by atoms with Crippen LogP contribution >= 0.6 is 11.6 Å². The molecule has 0 saturated carbocycles. The molecular formula is C16H10ClNO. The molecule has 0 N–H and O–H groups in total. The molecule has 0 radical (unpaired) electrons. The quantitative estimate of drug-likeness (QED) is 0.649. The van der Waals surface area contributed by atoms with E-state index >= 15 is 0 Å². The average Bonchev–Trinajstić information content (AvgIpc) is 2.47. The molecule has 3 heteroatoms. The van der Waals surface area contributed by atoms with E-state index in [0.29, 0.717) is 5.56 Å². The summed E-state index contributed by atoms with van der Waals surface area (Å²) in [5.41, 5.74) is 3.17. The summed E-state index contributed by atoms with van der Waals surface area (Å²) < 4.78 is 0. The van der Waals surface area contributed by atoms with Crippen molar-refractivity contribution in [1.29, 1.82) is 0 Å². The van der Waals surface area contributed by atoms with Crippen LogP contribution in [0, 0.1) is 0 Å². The van der Waals surface area contributed by atoms with Gasteiger partial charge in [0.25, 0.3) is 5.24 Å². The molecule has 92 valence electrons. The van der Waals surface area contributed by atoms with Crippen molar-refractivity contribution in [3.63, 3.8) is 0 Å². The lowest BCUT2D eigenvalue weighted by Gasteiger charge is -2.04. The van der Waals surface area contributed by atoms with Crippen LogP contribution in [0.2, 0.25) is 0 Å². The molecule has 19 heavy (non-hydrogen) atoms. The molecule has 0 aliphatic rings. The molecule has 0 saturated heterocycles. The summed E-state index contributed by atoms with van der Waals surface area (Å²) in [5.74, 6) is 0. The third-order valence-electron chi connectivity index (χ3n) is 2.99. The van der Waals surface area contributed by atoms with Gasteiger partial charge in [0.05, 0.1) is 11.2 Å². The van der Waals surface area contributed by atoms with Gasteiger partial charge in [-0.3, -0.25) is 4.79 Å². The van der Waals surface area contributed by atoms with Crippen LogP contribution in [0.25, 0.3) is 22.2 Å². The molecule has 0 amide bonds. The second-order valence-corrected chi connectivity index (χ2v) is 4.59. The van der Waals surface area contributed by atoms with Gasteiger partial charge in [-0.05, 0) is 29.8 Å². The summed E-state index contributed by atoms with van der Waals surface area (Å²) in [6.45, 7) is 0. The van der Waals surface area contributed by atoms with E-state index in [1.807, 2.05) is 48.5 Å². The summed E-state index contributed by atoms with van der Waals surface area (Å²) >= 11 is 5.49. The Bertz CT molecular complexity index is 753. The van der Waals surface area contributed by atoms with E-state index in [1.54, 1.807) is 12.1 Å². The molecule has 3 rings (SSSR count). The number of carbonyl (C=O) groups is 1. The van der Waals surface area contributed by atoms with Crippen molar-refractivity contribution in [2.75, 3.05) is 0 Å². The molecule has 2 nitrogen and oxygen atoms in total. The molecular weight excluding hydrogens is 258 g/mol. The van der Waals surface area contributed by atoms with Gasteiger partial charge < -0.3 is 0 Å². The number of pyridine rings is 1. The third-order valence-corrected chi connectivity index (χ3v) is 3.21. The second-order valence-electron chi connectivity index (χ2n) is 4.24. The number of rotatable bonds is 2. The highest BCUT2D eigenvalue weighted by Gasteiger charge is 2.05. The molecule has 3 aromatic rings. The highest BCUT2D eigenvalue weighted by molar-refractivity contribution is 6.67. The van der Waals surface area contributed by atoms with Crippen LogP contribution in [0.5, 0.6) is 0 Å². The minimum atomic E-state index is -0.464. The van der Waals surface area contributed by atoms with Crippen molar-refractivity contribution in [3.8, 4) is 11.3 Å². The van der Waals surface area contributed by atoms with Gasteiger partial charge >= 0.3 is 0 Å². The van der Waals surface area contributed by atoms with Crippen LogP contribution in [0.4, 0.5) is 0 Å². The van der Waals surface area contributed by atoms with Crippen molar-refractivity contribution in [2.45, 2.75) is 0 Å². The van der Waals surface area contributed by atoms with Crippen molar-refractivity contribution in [1.82, 2.24) is 4.98 Å². The maximum atomic E-state index is 11.2. The second kappa shape index (κ2) is 4.82. The molecule has 1 heterocycles. The molecule has 0 aliphatic carbocycles. The summed E-state index contributed by atoms with van der Waals surface area (Å²) in [5, 5.41) is 0.523. The molecule has 0 aliphatic heterocycles. The van der Waals surface area contributed by atoms with Gasteiger partial charge in [0.1, 0.15) is 0 Å².